The van der Waals surface area contributed by atoms with Gasteiger partial charge in [-0.25, -0.2) is 4.39 Å². The van der Waals surface area contributed by atoms with Crippen molar-refractivity contribution in [3.8, 4) is 5.75 Å². The molecule has 0 aliphatic carbocycles. The maximum atomic E-state index is 14.7. The molecule has 1 aromatic heterocycles. The quantitative estimate of drug-likeness (QED) is 0.398. The summed E-state index contributed by atoms with van der Waals surface area (Å²) in [5.74, 6) is 2.03. The molecule has 1 fully saturated rings. The highest BCUT2D eigenvalue weighted by atomic mass is 32.2. The Morgan fingerprint density at radius 3 is 2.72 bits per heavy atom. The molecule has 0 saturated carbocycles. The Morgan fingerprint density at radius 1 is 1.19 bits per heavy atom. The number of benzene rings is 2. The van der Waals surface area contributed by atoms with Crippen LogP contribution in [0.3, 0.4) is 0 Å². The number of ether oxygens (including phenoxy) is 2. The van der Waals surface area contributed by atoms with Gasteiger partial charge in [0.2, 0.25) is 0 Å². The number of rotatable bonds is 10. The number of nitrogens with zero attached hydrogens (tertiary/aromatic N) is 2. The molecule has 2 heterocycles. The van der Waals surface area contributed by atoms with E-state index in [0.717, 1.165) is 35.5 Å². The third-order valence-corrected chi connectivity index (χ3v) is 6.97. The topological polar surface area (TPSA) is 92.8 Å². The number of thioether (sulfide) groups is 1. The first-order valence-corrected chi connectivity index (χ1v) is 12.8. The number of hydrogen-bond acceptors (Lipinski definition) is 8. The van der Waals surface area contributed by atoms with Crippen molar-refractivity contribution in [3.63, 3.8) is 0 Å². The van der Waals surface area contributed by atoms with Crippen molar-refractivity contribution in [2.75, 3.05) is 55.0 Å². The average Bonchev–Trinajstić information content (AvgIpc) is 2.89. The van der Waals surface area contributed by atoms with E-state index in [9.17, 15) is 14.0 Å². The highest BCUT2D eigenvalue weighted by Crippen LogP contribution is 2.25. The molecule has 1 saturated heterocycles. The molecule has 36 heavy (non-hydrogen) atoms. The summed E-state index contributed by atoms with van der Waals surface area (Å²) in [7, 11) is 1.59. The first kappa shape index (κ1) is 25.6. The van der Waals surface area contributed by atoms with E-state index in [-0.39, 0.29) is 24.8 Å². The smallest absolute Gasteiger partial charge is 0.293 e. The summed E-state index contributed by atoms with van der Waals surface area (Å²) in [6, 6.07) is 12.2. The zero-order valence-electron chi connectivity index (χ0n) is 20.3. The number of hydrogen-bond donors (Lipinski definition) is 2. The monoisotopic (exact) mass is 512 g/mol. The van der Waals surface area contributed by atoms with Gasteiger partial charge in [0.1, 0.15) is 17.7 Å². The normalized spacial score (nSPS) is 14.2. The van der Waals surface area contributed by atoms with Crippen LogP contribution in [0.4, 0.5) is 15.8 Å². The number of aromatic nitrogens is 1. The summed E-state index contributed by atoms with van der Waals surface area (Å²) >= 11 is 1.87. The molecule has 10 heteroatoms. The van der Waals surface area contributed by atoms with Gasteiger partial charge in [-0.1, -0.05) is 0 Å². The van der Waals surface area contributed by atoms with E-state index in [1.165, 1.54) is 6.07 Å². The van der Waals surface area contributed by atoms with Gasteiger partial charge in [0.05, 0.1) is 42.7 Å². The number of aryl methyl sites for hydroxylation is 1. The molecular formula is C26H29FN4O4S. The van der Waals surface area contributed by atoms with E-state index in [4.69, 9.17) is 9.47 Å². The van der Waals surface area contributed by atoms with Crippen LogP contribution in [0, 0.1) is 12.7 Å². The first-order chi connectivity index (χ1) is 17.5. The van der Waals surface area contributed by atoms with Gasteiger partial charge in [-0.2, -0.15) is 11.8 Å². The third-order valence-electron chi connectivity index (χ3n) is 6.03. The van der Waals surface area contributed by atoms with Gasteiger partial charge in [-0.15, -0.1) is 0 Å². The van der Waals surface area contributed by atoms with Crippen molar-refractivity contribution in [1.82, 2.24) is 10.3 Å². The lowest BCUT2D eigenvalue weighted by Gasteiger charge is -2.29. The summed E-state index contributed by atoms with van der Waals surface area (Å²) in [6.45, 7) is 4.03. The first-order valence-electron chi connectivity index (χ1n) is 11.7. The van der Waals surface area contributed by atoms with Crippen LogP contribution in [0.25, 0.3) is 10.9 Å². The third kappa shape index (κ3) is 6.17. The second kappa shape index (κ2) is 11.9. The van der Waals surface area contributed by atoms with Crippen molar-refractivity contribution in [2.45, 2.75) is 13.0 Å². The van der Waals surface area contributed by atoms with Crippen molar-refractivity contribution in [1.29, 1.82) is 0 Å². The second-order valence-electron chi connectivity index (χ2n) is 8.39. The second-order valence-corrected chi connectivity index (χ2v) is 9.62. The number of anilines is 2. The van der Waals surface area contributed by atoms with E-state index < -0.39 is 6.10 Å². The van der Waals surface area contributed by atoms with E-state index in [1.54, 1.807) is 32.2 Å². The maximum Gasteiger partial charge on any atom is 0.293 e. The maximum absolute atomic E-state index is 14.7. The number of methoxy groups -OCH3 is 1. The zero-order chi connectivity index (χ0) is 25.5. The van der Waals surface area contributed by atoms with Crippen LogP contribution >= 0.6 is 11.8 Å². The SMILES string of the molecule is COc1ccc2cc(C(=O)NC[C@@H](CNc3ccc(N4CCSCC4)c(F)c3)OC=O)c(C)nc2c1. The van der Waals surface area contributed by atoms with Crippen LogP contribution in [0.15, 0.2) is 42.5 Å². The Kier molecular flexibility index (Phi) is 8.48. The number of pyridine rings is 1. The minimum absolute atomic E-state index is 0.0800. The Hall–Kier alpha value is -3.53. The summed E-state index contributed by atoms with van der Waals surface area (Å²) < 4.78 is 25.1. The van der Waals surface area contributed by atoms with Crippen LogP contribution in [0.5, 0.6) is 5.75 Å². The van der Waals surface area contributed by atoms with Crippen LogP contribution in [-0.2, 0) is 9.53 Å². The van der Waals surface area contributed by atoms with Crippen LogP contribution in [0.1, 0.15) is 16.1 Å². The van der Waals surface area contributed by atoms with E-state index in [0.29, 0.717) is 34.9 Å². The highest BCUT2D eigenvalue weighted by Gasteiger charge is 2.18. The lowest BCUT2D eigenvalue weighted by atomic mass is 10.1. The number of nitrogens with one attached hydrogen (secondary N) is 2. The molecule has 0 spiro atoms. The van der Waals surface area contributed by atoms with Crippen LogP contribution < -0.4 is 20.3 Å². The van der Waals surface area contributed by atoms with Gasteiger partial charge in [-0.05, 0) is 43.3 Å². The van der Waals surface area contributed by atoms with E-state index >= 15 is 0 Å². The lowest BCUT2D eigenvalue weighted by molar-refractivity contribution is -0.132. The Morgan fingerprint density at radius 2 is 2.00 bits per heavy atom. The van der Waals surface area contributed by atoms with Gasteiger partial charge in [0, 0.05) is 41.7 Å². The Bertz CT molecular complexity index is 1240. The van der Waals surface area contributed by atoms with Crippen molar-refractivity contribution >= 4 is 46.4 Å². The molecule has 1 atom stereocenters. The molecule has 2 aromatic carbocycles. The van der Waals surface area contributed by atoms with Gasteiger partial charge < -0.3 is 25.0 Å². The molecule has 4 rings (SSSR count). The molecule has 0 radical (unpaired) electrons. The van der Waals surface area contributed by atoms with E-state index in [2.05, 4.69) is 15.6 Å². The van der Waals surface area contributed by atoms with Crippen molar-refractivity contribution < 1.29 is 23.5 Å². The molecule has 1 aliphatic heterocycles. The van der Waals surface area contributed by atoms with Crippen LogP contribution in [0.2, 0.25) is 0 Å². The number of carbonyl (C=O) groups is 2. The van der Waals surface area contributed by atoms with Crippen LogP contribution in [-0.4, -0.2) is 68.3 Å². The van der Waals surface area contributed by atoms with Gasteiger partial charge >= 0.3 is 0 Å². The van der Waals surface area contributed by atoms with Gasteiger partial charge in [0.15, 0.2) is 0 Å². The molecule has 190 valence electrons. The van der Waals surface area contributed by atoms with E-state index in [1.807, 2.05) is 34.9 Å². The number of carbonyl (C=O) groups excluding carboxylic acids is 2. The minimum atomic E-state index is -0.647. The Labute approximate surface area is 213 Å². The molecule has 2 N–H and O–H groups in total. The summed E-state index contributed by atoms with van der Waals surface area (Å²) in [5.41, 5.74) is 2.89. The molecule has 1 aliphatic rings. The van der Waals surface area contributed by atoms with Gasteiger partial charge in [-0.3, -0.25) is 14.6 Å². The zero-order valence-corrected chi connectivity index (χ0v) is 21.1. The Balaban J connectivity index is 1.36. The molecule has 3 aromatic rings. The fraction of sp³-hybridized carbons (Fsp3) is 0.346. The molecule has 0 unspecified atom stereocenters. The molecule has 8 nitrogen and oxygen atoms in total. The largest absolute Gasteiger partial charge is 0.497 e. The van der Waals surface area contributed by atoms with Gasteiger partial charge in [0.25, 0.3) is 12.4 Å². The summed E-state index contributed by atoms with van der Waals surface area (Å²) in [6.07, 6.45) is -0.647. The number of halogens is 1. The molecular weight excluding hydrogens is 483 g/mol. The summed E-state index contributed by atoms with van der Waals surface area (Å²) in [4.78, 5) is 30.4. The minimum Gasteiger partial charge on any atom is -0.497 e. The van der Waals surface area contributed by atoms with Crippen molar-refractivity contribution in [3.05, 3.63) is 59.5 Å². The highest BCUT2D eigenvalue weighted by molar-refractivity contribution is 7.99. The average molecular weight is 513 g/mol. The number of fused-ring (bicyclic) bond motifs is 1. The summed E-state index contributed by atoms with van der Waals surface area (Å²) in [5, 5.41) is 6.70. The fourth-order valence-electron chi connectivity index (χ4n) is 4.06. The number of amides is 1. The van der Waals surface area contributed by atoms with Crippen molar-refractivity contribution in [2.24, 2.45) is 0 Å². The molecule has 0 bridgehead atoms. The lowest BCUT2D eigenvalue weighted by Crippen LogP contribution is -2.37. The fourth-order valence-corrected chi connectivity index (χ4v) is 4.96. The molecule has 1 amide bonds. The standard InChI is InChI=1S/C26H29FN4O4S/c1-17-22(11-18-3-5-20(34-2)13-24(18)30-17)26(33)29-15-21(35-16-32)14-28-19-4-6-25(23(27)12-19)31-7-9-36-10-8-31/h3-6,11-13,16,21,28H,7-10,14-15H2,1-2H3,(H,29,33)/t21-/m1/s1. The predicted molar refractivity (Wildman–Crippen MR) is 141 cm³/mol. The predicted octanol–water partition coefficient (Wildman–Crippen LogP) is 3.63.